The summed E-state index contributed by atoms with van der Waals surface area (Å²) in [6, 6.07) is 19.9. The third-order valence-corrected chi connectivity index (χ3v) is 3.46. The molecule has 0 aromatic heterocycles. The van der Waals surface area contributed by atoms with Crippen LogP contribution in [-0.2, 0) is 0 Å². The monoisotopic (exact) mass is 256 g/mol. The first-order valence-electron chi connectivity index (χ1n) is 5.96. The predicted octanol–water partition coefficient (Wildman–Crippen LogP) is 4.42. The van der Waals surface area contributed by atoms with Crippen molar-refractivity contribution in [3.8, 4) is 0 Å². The first-order valence-corrected chi connectivity index (χ1v) is 6.84. The Balaban J connectivity index is 1.81. The minimum atomic E-state index is -0.418. The maximum absolute atomic E-state index is 9.96. The van der Waals surface area contributed by atoms with Crippen LogP contribution in [0.25, 0.3) is 0 Å². The van der Waals surface area contributed by atoms with Crippen LogP contribution in [0, 0.1) is 0 Å². The van der Waals surface area contributed by atoms with Gasteiger partial charge in [0.15, 0.2) is 0 Å². The largest absolute Gasteiger partial charge is 0.388 e. The topological polar surface area (TPSA) is 20.2 Å². The molecule has 0 aliphatic rings. The Morgan fingerprint density at radius 3 is 2.22 bits per heavy atom. The zero-order valence-corrected chi connectivity index (χ0v) is 10.9. The second kappa shape index (κ2) is 7.04. The van der Waals surface area contributed by atoms with Crippen LogP contribution in [0.2, 0.25) is 0 Å². The van der Waals surface area contributed by atoms with Crippen LogP contribution in [0.4, 0.5) is 0 Å². The summed E-state index contributed by atoms with van der Waals surface area (Å²) in [5, 5.41) is 12.0. The molecule has 2 rings (SSSR count). The van der Waals surface area contributed by atoms with Gasteiger partial charge in [0.1, 0.15) is 0 Å². The molecule has 1 atom stereocenters. The van der Waals surface area contributed by atoms with Gasteiger partial charge in [-0.05, 0) is 29.5 Å². The van der Waals surface area contributed by atoms with E-state index in [1.807, 2.05) is 60.0 Å². The molecule has 0 aliphatic carbocycles. The fourth-order valence-electron chi connectivity index (χ4n) is 1.62. The molecule has 0 spiro atoms. The molecule has 0 bridgehead atoms. The highest BCUT2D eigenvalue weighted by Gasteiger charge is 2.03. The number of aliphatic hydroxyl groups excluding tert-OH is 1. The maximum atomic E-state index is 9.96. The number of benzene rings is 2. The van der Waals surface area contributed by atoms with Gasteiger partial charge in [-0.1, -0.05) is 66.4 Å². The Bertz CT molecular complexity index is 479. The van der Waals surface area contributed by atoms with E-state index in [-0.39, 0.29) is 0 Å². The summed E-state index contributed by atoms with van der Waals surface area (Å²) in [6.07, 6.45) is 2.23. The molecule has 2 aromatic rings. The zero-order valence-electron chi connectivity index (χ0n) is 10.1. The van der Waals surface area contributed by atoms with E-state index in [4.69, 9.17) is 0 Å². The smallest absolute Gasteiger partial charge is 0.0824 e. The number of thioether (sulfide) groups is 1. The van der Waals surface area contributed by atoms with Crippen LogP contribution < -0.4 is 0 Å². The highest BCUT2D eigenvalue weighted by atomic mass is 32.2. The minimum absolute atomic E-state index is 0.418. The fraction of sp³-hybridized carbons (Fsp3) is 0.125. The van der Waals surface area contributed by atoms with Gasteiger partial charge in [-0.15, -0.1) is 0 Å². The lowest BCUT2D eigenvalue weighted by Crippen LogP contribution is -1.94. The molecule has 92 valence electrons. The Morgan fingerprint density at radius 1 is 0.944 bits per heavy atom. The summed E-state index contributed by atoms with van der Waals surface area (Å²) in [6.45, 7) is 0. The quantitative estimate of drug-likeness (QED) is 0.799. The SMILES string of the molecule is OC(C/C=C\Sc1ccccc1)c1ccccc1. The molecule has 0 radical (unpaired) electrons. The molecule has 2 aromatic carbocycles. The first kappa shape index (κ1) is 12.9. The van der Waals surface area contributed by atoms with Gasteiger partial charge in [0.25, 0.3) is 0 Å². The molecule has 18 heavy (non-hydrogen) atoms. The number of rotatable bonds is 5. The van der Waals surface area contributed by atoms with Gasteiger partial charge in [-0.3, -0.25) is 0 Å². The molecular formula is C16H16OS. The van der Waals surface area contributed by atoms with Crippen LogP contribution in [0.5, 0.6) is 0 Å². The van der Waals surface area contributed by atoms with E-state index in [0.717, 1.165) is 5.56 Å². The summed E-state index contributed by atoms with van der Waals surface area (Å²) in [5.74, 6) is 0. The zero-order chi connectivity index (χ0) is 12.6. The minimum Gasteiger partial charge on any atom is -0.388 e. The Labute approximate surface area is 112 Å². The van der Waals surface area contributed by atoms with Gasteiger partial charge < -0.3 is 5.11 Å². The third kappa shape index (κ3) is 4.06. The molecule has 0 aliphatic heterocycles. The highest BCUT2D eigenvalue weighted by molar-refractivity contribution is 8.02. The molecule has 0 fully saturated rings. The lowest BCUT2D eigenvalue weighted by atomic mass is 10.1. The van der Waals surface area contributed by atoms with Crippen molar-refractivity contribution in [3.63, 3.8) is 0 Å². The molecular weight excluding hydrogens is 240 g/mol. The van der Waals surface area contributed by atoms with Crippen LogP contribution in [-0.4, -0.2) is 5.11 Å². The summed E-state index contributed by atoms with van der Waals surface area (Å²) in [5.41, 5.74) is 0.965. The Hall–Kier alpha value is -1.51. The van der Waals surface area contributed by atoms with Crippen molar-refractivity contribution in [2.75, 3.05) is 0 Å². The number of aliphatic hydroxyl groups is 1. The van der Waals surface area contributed by atoms with Crippen molar-refractivity contribution in [3.05, 3.63) is 77.7 Å². The summed E-state index contributed by atoms with van der Waals surface area (Å²) in [7, 11) is 0. The van der Waals surface area contributed by atoms with Crippen molar-refractivity contribution in [2.24, 2.45) is 0 Å². The van der Waals surface area contributed by atoms with Crippen LogP contribution >= 0.6 is 11.8 Å². The summed E-state index contributed by atoms with van der Waals surface area (Å²) < 4.78 is 0. The first-order chi connectivity index (χ1) is 8.86. The summed E-state index contributed by atoms with van der Waals surface area (Å²) >= 11 is 1.67. The van der Waals surface area contributed by atoms with Crippen LogP contribution in [0.1, 0.15) is 18.1 Å². The normalized spacial score (nSPS) is 12.7. The van der Waals surface area contributed by atoms with Crippen molar-refractivity contribution in [1.29, 1.82) is 0 Å². The lowest BCUT2D eigenvalue weighted by Gasteiger charge is -2.07. The maximum Gasteiger partial charge on any atom is 0.0824 e. The summed E-state index contributed by atoms with van der Waals surface area (Å²) in [4.78, 5) is 1.21. The van der Waals surface area contributed by atoms with E-state index in [2.05, 4.69) is 12.1 Å². The van der Waals surface area contributed by atoms with E-state index in [1.165, 1.54) is 4.90 Å². The third-order valence-electron chi connectivity index (χ3n) is 2.59. The van der Waals surface area contributed by atoms with E-state index in [1.54, 1.807) is 11.8 Å². The predicted molar refractivity (Wildman–Crippen MR) is 77.5 cm³/mol. The van der Waals surface area contributed by atoms with E-state index < -0.39 is 6.10 Å². The standard InChI is InChI=1S/C16H16OS/c17-16(14-8-3-1-4-9-14)12-7-13-18-15-10-5-2-6-11-15/h1-11,13,16-17H,12H2/b13-7-. The molecule has 0 heterocycles. The van der Waals surface area contributed by atoms with Crippen LogP contribution in [0.15, 0.2) is 77.0 Å². The second-order valence-corrected chi connectivity index (χ2v) is 4.94. The lowest BCUT2D eigenvalue weighted by molar-refractivity contribution is 0.181. The van der Waals surface area contributed by atoms with Gasteiger partial charge in [0.2, 0.25) is 0 Å². The van der Waals surface area contributed by atoms with Gasteiger partial charge in [-0.2, -0.15) is 0 Å². The molecule has 1 unspecified atom stereocenters. The fourth-order valence-corrected chi connectivity index (χ4v) is 2.30. The van der Waals surface area contributed by atoms with Gasteiger partial charge >= 0.3 is 0 Å². The highest BCUT2D eigenvalue weighted by Crippen LogP contribution is 2.21. The van der Waals surface area contributed by atoms with Crippen LogP contribution in [0.3, 0.4) is 0 Å². The van der Waals surface area contributed by atoms with Gasteiger partial charge in [-0.25, -0.2) is 0 Å². The molecule has 1 nitrogen and oxygen atoms in total. The molecule has 0 saturated heterocycles. The van der Waals surface area contributed by atoms with Gasteiger partial charge in [0.05, 0.1) is 6.10 Å². The van der Waals surface area contributed by atoms with E-state index >= 15 is 0 Å². The number of hydrogen-bond donors (Lipinski definition) is 1. The van der Waals surface area contributed by atoms with E-state index in [0.29, 0.717) is 6.42 Å². The molecule has 2 heteroatoms. The second-order valence-electron chi connectivity index (χ2n) is 3.96. The van der Waals surface area contributed by atoms with E-state index in [9.17, 15) is 5.11 Å². The van der Waals surface area contributed by atoms with Crippen molar-refractivity contribution in [1.82, 2.24) is 0 Å². The Kier molecular flexibility index (Phi) is 5.06. The van der Waals surface area contributed by atoms with Crippen molar-refractivity contribution >= 4 is 11.8 Å². The van der Waals surface area contributed by atoms with Crippen molar-refractivity contribution in [2.45, 2.75) is 17.4 Å². The average Bonchev–Trinajstić information content (AvgIpc) is 2.45. The molecule has 0 saturated carbocycles. The van der Waals surface area contributed by atoms with Crippen molar-refractivity contribution < 1.29 is 5.11 Å². The Morgan fingerprint density at radius 2 is 1.56 bits per heavy atom. The molecule has 1 N–H and O–H groups in total. The number of hydrogen-bond acceptors (Lipinski definition) is 2. The van der Waals surface area contributed by atoms with Gasteiger partial charge in [0, 0.05) is 4.90 Å². The average molecular weight is 256 g/mol. The molecule has 0 amide bonds.